The molecule has 0 spiro atoms. The number of aliphatic hydroxyl groups is 1. The van der Waals surface area contributed by atoms with Crippen molar-refractivity contribution in [2.45, 2.75) is 56.5 Å². The van der Waals surface area contributed by atoms with Crippen LogP contribution in [0.4, 0.5) is 13.2 Å². The van der Waals surface area contributed by atoms with Gasteiger partial charge >= 0.3 is 12.1 Å². The second kappa shape index (κ2) is 6.96. The molecule has 0 radical (unpaired) electrons. The van der Waals surface area contributed by atoms with Gasteiger partial charge in [0.05, 0.1) is 13.2 Å². The van der Waals surface area contributed by atoms with Crippen LogP contribution in [0.15, 0.2) is 12.7 Å². The van der Waals surface area contributed by atoms with Gasteiger partial charge in [-0.05, 0) is 13.8 Å². The maximum Gasteiger partial charge on any atom is 0.471 e. The second-order valence-electron chi connectivity index (χ2n) is 5.95. The Morgan fingerprint density at radius 3 is 2.75 bits per heavy atom. The molecule has 24 heavy (non-hydrogen) atoms. The van der Waals surface area contributed by atoms with Gasteiger partial charge in [0.1, 0.15) is 24.4 Å². The zero-order chi connectivity index (χ0) is 18.1. The summed E-state index contributed by atoms with van der Waals surface area (Å²) in [5, 5.41) is 12.1. The monoisotopic (exact) mass is 355 g/mol. The lowest BCUT2D eigenvalue weighted by Gasteiger charge is -2.49. The number of nitrogens with one attached hydrogen (secondary N) is 1. The molecule has 2 rings (SSSR count). The van der Waals surface area contributed by atoms with Gasteiger partial charge in [-0.1, -0.05) is 6.08 Å². The molecule has 0 bridgehead atoms. The second-order valence-corrected chi connectivity index (χ2v) is 5.95. The van der Waals surface area contributed by atoms with Crippen molar-refractivity contribution in [2.75, 3.05) is 13.2 Å². The van der Waals surface area contributed by atoms with Gasteiger partial charge in [0.15, 0.2) is 12.1 Å². The fourth-order valence-electron chi connectivity index (χ4n) is 2.54. The number of alkyl halides is 3. The van der Waals surface area contributed by atoms with Gasteiger partial charge < -0.3 is 29.4 Å². The number of carbonyl (C=O) groups is 1. The highest BCUT2D eigenvalue weighted by atomic mass is 19.4. The molecule has 1 amide bonds. The van der Waals surface area contributed by atoms with E-state index in [0.29, 0.717) is 0 Å². The van der Waals surface area contributed by atoms with Gasteiger partial charge in [0, 0.05) is 0 Å². The largest absolute Gasteiger partial charge is 0.471 e. The first-order valence-electron chi connectivity index (χ1n) is 7.30. The standard InChI is InChI=1S/C14H20F3NO6/c1-4-5-21-11-8(18-12(20)14(15,16)17)9(19)10-7(23-11)6-22-13(2,3)24-10/h4,7-11,19H,1,5-6H2,2-3H3,(H,18,20)/t7-,8-,9-,10-,11-/m1/s1. The molecule has 2 saturated heterocycles. The molecule has 0 aromatic heterocycles. The van der Waals surface area contributed by atoms with Crippen LogP contribution in [-0.2, 0) is 23.7 Å². The Bertz CT molecular complexity index is 484. The van der Waals surface area contributed by atoms with E-state index in [9.17, 15) is 23.1 Å². The van der Waals surface area contributed by atoms with Crippen LogP contribution in [0.5, 0.6) is 0 Å². The van der Waals surface area contributed by atoms with E-state index in [1.54, 1.807) is 19.2 Å². The third-order valence-electron chi connectivity index (χ3n) is 3.62. The molecule has 0 aromatic carbocycles. The Hall–Kier alpha value is -1.20. The fraction of sp³-hybridized carbons (Fsp3) is 0.786. The van der Waals surface area contributed by atoms with Crippen LogP contribution in [0, 0.1) is 0 Å². The number of ether oxygens (including phenoxy) is 4. The minimum Gasteiger partial charge on any atom is -0.388 e. The summed E-state index contributed by atoms with van der Waals surface area (Å²) in [5.74, 6) is -3.24. The Morgan fingerprint density at radius 1 is 1.50 bits per heavy atom. The molecule has 2 heterocycles. The molecule has 0 aromatic rings. The van der Waals surface area contributed by atoms with Crippen LogP contribution >= 0.6 is 0 Å². The molecule has 0 saturated carbocycles. The van der Waals surface area contributed by atoms with Crippen LogP contribution in [0.2, 0.25) is 0 Å². The van der Waals surface area contributed by atoms with Crippen molar-refractivity contribution in [1.82, 2.24) is 5.32 Å². The summed E-state index contributed by atoms with van der Waals surface area (Å²) >= 11 is 0. The zero-order valence-electron chi connectivity index (χ0n) is 13.2. The third-order valence-corrected chi connectivity index (χ3v) is 3.62. The van der Waals surface area contributed by atoms with E-state index in [0.717, 1.165) is 0 Å². The minimum absolute atomic E-state index is 0.0413. The Balaban J connectivity index is 2.18. The first-order chi connectivity index (χ1) is 11.0. The summed E-state index contributed by atoms with van der Waals surface area (Å²) in [7, 11) is 0. The highest BCUT2D eigenvalue weighted by Crippen LogP contribution is 2.33. The molecular formula is C14H20F3NO6. The molecule has 2 aliphatic heterocycles. The zero-order valence-corrected chi connectivity index (χ0v) is 13.2. The molecule has 2 N–H and O–H groups in total. The van der Waals surface area contributed by atoms with Gasteiger partial charge in [-0.25, -0.2) is 0 Å². The maximum absolute atomic E-state index is 12.5. The van der Waals surface area contributed by atoms with Crippen molar-refractivity contribution >= 4 is 5.91 Å². The number of halogens is 3. The van der Waals surface area contributed by atoms with Gasteiger partial charge in [-0.3, -0.25) is 4.79 Å². The molecule has 0 aliphatic carbocycles. The lowest BCUT2D eigenvalue weighted by molar-refractivity contribution is -0.368. The number of hydrogen-bond acceptors (Lipinski definition) is 6. The van der Waals surface area contributed by atoms with E-state index in [-0.39, 0.29) is 13.2 Å². The lowest BCUT2D eigenvalue weighted by atomic mass is 9.95. The van der Waals surface area contributed by atoms with E-state index in [4.69, 9.17) is 18.9 Å². The molecular weight excluding hydrogens is 335 g/mol. The Morgan fingerprint density at radius 2 is 2.17 bits per heavy atom. The van der Waals surface area contributed by atoms with Crippen molar-refractivity contribution in [3.05, 3.63) is 12.7 Å². The van der Waals surface area contributed by atoms with E-state index in [1.807, 2.05) is 0 Å². The van der Waals surface area contributed by atoms with Crippen LogP contribution in [0.25, 0.3) is 0 Å². The first-order valence-corrected chi connectivity index (χ1v) is 7.30. The SMILES string of the molecule is C=CCO[C@@H]1O[C@@H]2COC(C)(C)O[C@H]2[C@H](O)[C@H]1NC(=O)C(F)(F)F. The lowest BCUT2D eigenvalue weighted by Crippen LogP contribution is -2.69. The predicted molar refractivity (Wildman–Crippen MR) is 73.7 cm³/mol. The molecule has 0 unspecified atom stereocenters. The van der Waals surface area contributed by atoms with Crippen LogP contribution in [-0.4, -0.2) is 66.8 Å². The summed E-state index contributed by atoms with van der Waals surface area (Å²) < 4.78 is 59.3. The summed E-state index contributed by atoms with van der Waals surface area (Å²) in [6.07, 6.45) is -8.25. The summed E-state index contributed by atoms with van der Waals surface area (Å²) in [6, 6.07) is -1.46. The van der Waals surface area contributed by atoms with Gasteiger partial charge in [-0.15, -0.1) is 6.58 Å². The maximum atomic E-state index is 12.5. The molecule has 138 valence electrons. The summed E-state index contributed by atoms with van der Waals surface area (Å²) in [5.41, 5.74) is 0. The number of hydrogen-bond donors (Lipinski definition) is 2. The summed E-state index contributed by atoms with van der Waals surface area (Å²) in [6.45, 7) is 6.64. The average molecular weight is 355 g/mol. The van der Waals surface area contributed by atoms with Crippen LogP contribution in [0.1, 0.15) is 13.8 Å². The smallest absolute Gasteiger partial charge is 0.388 e. The van der Waals surface area contributed by atoms with Crippen molar-refractivity contribution < 1.29 is 42.0 Å². The topological polar surface area (TPSA) is 86.2 Å². The first kappa shape index (κ1) is 19.1. The fourth-order valence-corrected chi connectivity index (χ4v) is 2.54. The normalized spacial score (nSPS) is 35.8. The Kier molecular flexibility index (Phi) is 5.55. The molecule has 10 heteroatoms. The highest BCUT2D eigenvalue weighted by Gasteiger charge is 2.53. The van der Waals surface area contributed by atoms with E-state index in [2.05, 4.69) is 6.58 Å². The summed E-state index contributed by atoms with van der Waals surface area (Å²) in [4.78, 5) is 11.2. The molecule has 7 nitrogen and oxygen atoms in total. The number of aliphatic hydroxyl groups excluding tert-OH is 1. The van der Waals surface area contributed by atoms with E-state index in [1.165, 1.54) is 6.08 Å². The third kappa shape index (κ3) is 4.25. The molecule has 2 aliphatic rings. The Labute approximate surface area is 136 Å². The van der Waals surface area contributed by atoms with E-state index < -0.39 is 48.5 Å². The van der Waals surface area contributed by atoms with Gasteiger partial charge in [0.25, 0.3) is 0 Å². The van der Waals surface area contributed by atoms with E-state index >= 15 is 0 Å². The number of fused-ring (bicyclic) bond motifs is 1. The van der Waals surface area contributed by atoms with Gasteiger partial charge in [-0.2, -0.15) is 13.2 Å². The average Bonchev–Trinajstić information content (AvgIpc) is 2.47. The van der Waals surface area contributed by atoms with Gasteiger partial charge in [0.2, 0.25) is 0 Å². The predicted octanol–water partition coefficient (Wildman–Crippen LogP) is 0.473. The van der Waals surface area contributed by atoms with Crippen molar-refractivity contribution in [3.63, 3.8) is 0 Å². The number of amides is 1. The van der Waals surface area contributed by atoms with Crippen molar-refractivity contribution in [2.24, 2.45) is 0 Å². The van der Waals surface area contributed by atoms with Crippen LogP contribution in [0.3, 0.4) is 0 Å². The molecule has 5 atom stereocenters. The van der Waals surface area contributed by atoms with Crippen molar-refractivity contribution in [1.29, 1.82) is 0 Å². The quantitative estimate of drug-likeness (QED) is 0.713. The van der Waals surface area contributed by atoms with Crippen LogP contribution < -0.4 is 5.32 Å². The molecule has 2 fully saturated rings. The minimum atomic E-state index is -5.10. The van der Waals surface area contributed by atoms with Crippen molar-refractivity contribution in [3.8, 4) is 0 Å². The number of rotatable bonds is 4. The highest BCUT2D eigenvalue weighted by molar-refractivity contribution is 5.82. The number of carbonyl (C=O) groups excluding carboxylic acids is 1.